The van der Waals surface area contributed by atoms with Crippen LogP contribution >= 0.6 is 35.0 Å². The van der Waals surface area contributed by atoms with Gasteiger partial charge in [-0.3, -0.25) is 4.79 Å². The van der Waals surface area contributed by atoms with Gasteiger partial charge >= 0.3 is 0 Å². The monoisotopic (exact) mass is 453 g/mol. The van der Waals surface area contributed by atoms with Crippen molar-refractivity contribution in [2.45, 2.75) is 25.1 Å². The lowest BCUT2D eigenvalue weighted by Crippen LogP contribution is -2.51. The van der Waals surface area contributed by atoms with E-state index in [-0.39, 0.29) is 9.83 Å². The zero-order valence-corrected chi connectivity index (χ0v) is 18.6. The Bertz CT molecular complexity index is 1020. The highest BCUT2D eigenvalue weighted by Crippen LogP contribution is 2.25. The van der Waals surface area contributed by atoms with Crippen LogP contribution < -0.4 is 11.2 Å². The van der Waals surface area contributed by atoms with Crippen molar-refractivity contribution in [3.05, 3.63) is 57.6 Å². The fourth-order valence-corrected chi connectivity index (χ4v) is 3.86. The molecule has 0 aliphatic carbocycles. The maximum atomic E-state index is 12.1. The van der Waals surface area contributed by atoms with Gasteiger partial charge < -0.3 is 9.73 Å². The quantitative estimate of drug-likeness (QED) is 0.170. The highest BCUT2D eigenvalue weighted by molar-refractivity contribution is 8.13. The zero-order chi connectivity index (χ0) is 21.0. The van der Waals surface area contributed by atoms with E-state index in [1.807, 2.05) is 44.3 Å². The lowest BCUT2D eigenvalue weighted by molar-refractivity contribution is -0.934. The molecule has 3 aromatic rings. The number of hydrogen-bond acceptors (Lipinski definition) is 5. The number of quaternary nitrogens is 1. The Morgan fingerprint density at radius 3 is 2.79 bits per heavy atom. The third-order valence-electron chi connectivity index (χ3n) is 4.35. The third-order valence-corrected chi connectivity index (χ3v) is 5.77. The van der Waals surface area contributed by atoms with E-state index in [1.165, 1.54) is 0 Å². The molecule has 0 bridgehead atoms. The number of thioether (sulfide) groups is 1. The van der Waals surface area contributed by atoms with Crippen LogP contribution in [0.1, 0.15) is 17.5 Å². The molecule has 0 fully saturated rings. The normalized spacial score (nSPS) is 13.4. The second kappa shape index (κ2) is 9.36. The summed E-state index contributed by atoms with van der Waals surface area (Å²) in [6.45, 7) is 3.79. The minimum Gasteiger partial charge on any atom is -0.431 e. The summed E-state index contributed by atoms with van der Waals surface area (Å²) in [5.74, 6) is 6.35. The number of aryl methyl sites for hydroxylation is 1. The predicted molar refractivity (Wildman–Crippen MR) is 118 cm³/mol. The number of aromatic nitrogens is 1. The smallest absolute Gasteiger partial charge is 0.288 e. The second-order valence-electron chi connectivity index (χ2n) is 7.23. The summed E-state index contributed by atoms with van der Waals surface area (Å²) in [5.41, 5.74) is 3.51. The molecule has 154 valence electrons. The first-order valence-electron chi connectivity index (χ1n) is 9.12. The number of nitrogens with two attached hydrogens (primary N) is 1. The summed E-state index contributed by atoms with van der Waals surface area (Å²) in [6, 6.07) is 11.2. The Morgan fingerprint density at radius 1 is 1.24 bits per heavy atom. The molecule has 6 nitrogen and oxygen atoms in total. The molecule has 1 atom stereocenters. The number of fused-ring (bicyclic) bond motifs is 1. The largest absolute Gasteiger partial charge is 0.431 e. The fraction of sp³-hybridized carbons (Fsp3) is 0.300. The van der Waals surface area contributed by atoms with Gasteiger partial charge in [0, 0.05) is 30.3 Å². The fourth-order valence-electron chi connectivity index (χ4n) is 2.93. The average molecular weight is 454 g/mol. The van der Waals surface area contributed by atoms with Crippen LogP contribution in [-0.2, 0) is 6.54 Å². The number of carbonyl (C=O) groups is 1. The molecule has 1 amide bonds. The summed E-state index contributed by atoms with van der Waals surface area (Å²) in [6.07, 6.45) is 0.730. The molecule has 1 unspecified atom stereocenters. The van der Waals surface area contributed by atoms with Crippen LogP contribution in [-0.4, -0.2) is 35.0 Å². The van der Waals surface area contributed by atoms with E-state index in [1.54, 1.807) is 6.07 Å². The lowest BCUT2D eigenvalue weighted by atomic mass is 10.2. The van der Waals surface area contributed by atoms with Crippen molar-refractivity contribution in [2.75, 3.05) is 20.1 Å². The van der Waals surface area contributed by atoms with Crippen LogP contribution in [0.2, 0.25) is 10.0 Å². The van der Waals surface area contributed by atoms with E-state index in [0.717, 1.165) is 34.8 Å². The van der Waals surface area contributed by atoms with Crippen LogP contribution in [0.4, 0.5) is 4.79 Å². The Labute approximate surface area is 183 Å². The molecule has 3 N–H and O–H groups in total. The standard InChI is InChI=1S/C20H22Cl2N4O2S/c1-13-4-7-17-18(10-13)28-20(25-17)29-19(27)24-8-3-9-26(2,23)12-14-5-6-15(21)16(22)11-14/h4-7,10-11H,3,8-9,12,23H2,1-2H3/p+1. The Morgan fingerprint density at radius 2 is 2.03 bits per heavy atom. The third kappa shape index (κ3) is 6.35. The molecule has 9 heteroatoms. The molecular formula is C20H23Cl2N4O2S+. The predicted octanol–water partition coefficient (Wildman–Crippen LogP) is 5.16. The minimum absolute atomic E-state index is 0.205. The molecule has 2 aromatic carbocycles. The molecule has 1 aromatic heterocycles. The highest BCUT2D eigenvalue weighted by atomic mass is 35.5. The Balaban J connectivity index is 1.43. The van der Waals surface area contributed by atoms with Gasteiger partial charge in [0.1, 0.15) is 12.1 Å². The number of nitrogens with one attached hydrogen (secondary N) is 1. The summed E-state index contributed by atoms with van der Waals surface area (Å²) in [5, 5.41) is 4.03. The van der Waals surface area contributed by atoms with E-state index in [0.29, 0.717) is 40.5 Å². The molecule has 1 heterocycles. The van der Waals surface area contributed by atoms with Crippen LogP contribution in [0.5, 0.6) is 0 Å². The molecular weight excluding hydrogens is 431 g/mol. The zero-order valence-electron chi connectivity index (χ0n) is 16.2. The average Bonchev–Trinajstić information content (AvgIpc) is 3.03. The van der Waals surface area contributed by atoms with Gasteiger partial charge in [-0.1, -0.05) is 35.3 Å². The Kier molecular flexibility index (Phi) is 7.08. The van der Waals surface area contributed by atoms with Crippen LogP contribution in [0.15, 0.2) is 46.0 Å². The summed E-state index contributed by atoms with van der Waals surface area (Å²) < 4.78 is 5.90. The number of benzene rings is 2. The van der Waals surface area contributed by atoms with Gasteiger partial charge in [-0.15, -0.1) is 0 Å². The van der Waals surface area contributed by atoms with Crippen LogP contribution in [0.3, 0.4) is 0 Å². The number of nitrogens with zero attached hydrogens (tertiary/aromatic N) is 2. The van der Waals surface area contributed by atoms with Gasteiger partial charge in [-0.25, -0.2) is 9.58 Å². The van der Waals surface area contributed by atoms with Gasteiger partial charge in [0.25, 0.3) is 10.5 Å². The summed E-state index contributed by atoms with van der Waals surface area (Å²) in [7, 11) is 1.93. The van der Waals surface area contributed by atoms with E-state index in [4.69, 9.17) is 33.5 Å². The van der Waals surface area contributed by atoms with Gasteiger partial charge in [0.15, 0.2) is 5.58 Å². The number of rotatable bonds is 7. The molecule has 29 heavy (non-hydrogen) atoms. The number of carbonyl (C=O) groups excluding carboxylic acids is 1. The van der Waals surface area contributed by atoms with Crippen molar-refractivity contribution in [3.63, 3.8) is 0 Å². The SMILES string of the molecule is Cc1ccc2nc(SC(=O)NCCC[N+](C)(N)Cc3ccc(Cl)c(Cl)c3)oc2c1. The second-order valence-corrected chi connectivity index (χ2v) is 8.97. The highest BCUT2D eigenvalue weighted by Gasteiger charge is 2.18. The van der Waals surface area contributed by atoms with Crippen molar-refractivity contribution in [1.29, 1.82) is 0 Å². The number of halogens is 2. The van der Waals surface area contributed by atoms with Crippen molar-refractivity contribution in [1.82, 2.24) is 10.3 Å². The molecule has 0 saturated carbocycles. The first-order chi connectivity index (χ1) is 13.7. The van der Waals surface area contributed by atoms with Gasteiger partial charge in [0.2, 0.25) is 0 Å². The van der Waals surface area contributed by atoms with Crippen molar-refractivity contribution in [2.24, 2.45) is 5.84 Å². The number of oxazole rings is 1. The summed E-state index contributed by atoms with van der Waals surface area (Å²) in [4.78, 5) is 16.4. The first kappa shape index (κ1) is 21.9. The topological polar surface area (TPSA) is 81.2 Å². The van der Waals surface area contributed by atoms with Crippen molar-refractivity contribution in [3.8, 4) is 0 Å². The van der Waals surface area contributed by atoms with Crippen molar-refractivity contribution >= 4 is 51.3 Å². The van der Waals surface area contributed by atoms with Crippen molar-refractivity contribution < 1.29 is 13.8 Å². The molecule has 0 aliphatic rings. The number of hydrogen-bond donors (Lipinski definition) is 2. The minimum atomic E-state index is -0.205. The maximum absolute atomic E-state index is 12.1. The van der Waals surface area contributed by atoms with Gasteiger partial charge in [0.05, 0.1) is 23.6 Å². The molecule has 0 spiro atoms. The van der Waals surface area contributed by atoms with E-state index in [9.17, 15) is 4.79 Å². The van der Waals surface area contributed by atoms with E-state index >= 15 is 0 Å². The van der Waals surface area contributed by atoms with Crippen LogP contribution in [0, 0.1) is 6.92 Å². The Hall–Kier alpha value is -1.77. The molecule has 0 radical (unpaired) electrons. The molecule has 3 rings (SSSR count). The van der Waals surface area contributed by atoms with E-state index < -0.39 is 0 Å². The molecule has 0 saturated heterocycles. The number of amides is 1. The van der Waals surface area contributed by atoms with E-state index in [2.05, 4.69) is 10.3 Å². The summed E-state index contributed by atoms with van der Waals surface area (Å²) >= 11 is 13.0. The van der Waals surface area contributed by atoms with Gasteiger partial charge in [-0.05, 0) is 36.8 Å². The first-order valence-corrected chi connectivity index (χ1v) is 10.7. The lowest BCUT2D eigenvalue weighted by Gasteiger charge is -2.28. The maximum Gasteiger partial charge on any atom is 0.288 e. The van der Waals surface area contributed by atoms with Gasteiger partial charge in [-0.2, -0.15) is 5.84 Å². The van der Waals surface area contributed by atoms with Crippen LogP contribution in [0.25, 0.3) is 11.1 Å². The molecule has 0 aliphatic heterocycles.